The largest absolute Gasteiger partial charge is 0.478 e. The van der Waals surface area contributed by atoms with Crippen molar-refractivity contribution in [2.75, 3.05) is 24.3 Å². The SMILES string of the molecule is CN(C)c1cccc(C(=O)Nc2ccccc2Oc2ccc(C(=O)O)c(C(=O)O)c2)c1. The first-order chi connectivity index (χ1) is 14.8. The molecule has 0 spiro atoms. The number of carbonyl (C=O) groups is 3. The van der Waals surface area contributed by atoms with Gasteiger partial charge in [-0.3, -0.25) is 4.79 Å². The van der Waals surface area contributed by atoms with Gasteiger partial charge in [-0.15, -0.1) is 0 Å². The number of hydrogen-bond donors (Lipinski definition) is 3. The number of carboxylic acids is 2. The van der Waals surface area contributed by atoms with Gasteiger partial charge in [0, 0.05) is 25.3 Å². The van der Waals surface area contributed by atoms with Gasteiger partial charge in [-0.25, -0.2) is 9.59 Å². The Labute approximate surface area is 178 Å². The third-order valence-corrected chi connectivity index (χ3v) is 4.44. The van der Waals surface area contributed by atoms with Crippen molar-refractivity contribution in [2.24, 2.45) is 0 Å². The molecule has 0 bridgehead atoms. The van der Waals surface area contributed by atoms with E-state index < -0.39 is 17.5 Å². The Morgan fingerprint density at radius 2 is 1.55 bits per heavy atom. The maximum absolute atomic E-state index is 12.7. The van der Waals surface area contributed by atoms with E-state index in [0.717, 1.165) is 17.8 Å². The molecule has 8 nitrogen and oxygen atoms in total. The lowest BCUT2D eigenvalue weighted by Crippen LogP contribution is -2.14. The monoisotopic (exact) mass is 420 g/mol. The Hall–Kier alpha value is -4.33. The summed E-state index contributed by atoms with van der Waals surface area (Å²) in [5, 5.41) is 21.2. The minimum atomic E-state index is -1.38. The van der Waals surface area contributed by atoms with Gasteiger partial charge >= 0.3 is 11.9 Å². The highest BCUT2D eigenvalue weighted by Crippen LogP contribution is 2.31. The van der Waals surface area contributed by atoms with Crippen LogP contribution in [0.25, 0.3) is 0 Å². The molecule has 0 saturated carbocycles. The predicted molar refractivity (Wildman–Crippen MR) is 116 cm³/mol. The first kappa shape index (κ1) is 21.4. The molecule has 0 aliphatic heterocycles. The lowest BCUT2D eigenvalue weighted by Gasteiger charge is -2.15. The summed E-state index contributed by atoms with van der Waals surface area (Å²) in [5.74, 6) is -2.67. The average Bonchev–Trinajstić information content (AvgIpc) is 2.74. The zero-order valence-corrected chi connectivity index (χ0v) is 16.8. The molecule has 0 aliphatic carbocycles. The van der Waals surface area contributed by atoms with Gasteiger partial charge in [0.2, 0.25) is 0 Å². The van der Waals surface area contributed by atoms with Gasteiger partial charge in [0.1, 0.15) is 5.75 Å². The number of amides is 1. The fourth-order valence-corrected chi connectivity index (χ4v) is 2.86. The van der Waals surface area contributed by atoms with Crippen LogP contribution in [0.15, 0.2) is 66.7 Å². The van der Waals surface area contributed by atoms with E-state index >= 15 is 0 Å². The Morgan fingerprint density at radius 3 is 2.23 bits per heavy atom. The van der Waals surface area contributed by atoms with Crippen LogP contribution < -0.4 is 15.0 Å². The molecule has 0 fully saturated rings. The molecular formula is C23H20N2O6. The van der Waals surface area contributed by atoms with Crippen molar-refractivity contribution < 1.29 is 29.3 Å². The second kappa shape index (κ2) is 9.00. The van der Waals surface area contributed by atoms with E-state index in [9.17, 15) is 19.5 Å². The van der Waals surface area contributed by atoms with Gasteiger partial charge in [0.15, 0.2) is 5.75 Å². The Kier molecular flexibility index (Phi) is 6.21. The quantitative estimate of drug-likeness (QED) is 0.525. The number of nitrogens with zero attached hydrogens (tertiary/aromatic N) is 1. The fraction of sp³-hybridized carbons (Fsp3) is 0.0870. The van der Waals surface area contributed by atoms with E-state index in [-0.39, 0.29) is 23.0 Å². The van der Waals surface area contributed by atoms with Crippen molar-refractivity contribution in [1.29, 1.82) is 0 Å². The summed E-state index contributed by atoms with van der Waals surface area (Å²) in [6.07, 6.45) is 0. The van der Waals surface area contributed by atoms with E-state index in [1.54, 1.807) is 42.5 Å². The number of nitrogens with one attached hydrogen (secondary N) is 1. The van der Waals surface area contributed by atoms with E-state index in [1.165, 1.54) is 6.07 Å². The van der Waals surface area contributed by atoms with Gasteiger partial charge in [-0.1, -0.05) is 18.2 Å². The van der Waals surface area contributed by atoms with Crippen LogP contribution in [0.4, 0.5) is 11.4 Å². The molecule has 8 heteroatoms. The summed E-state index contributed by atoms with van der Waals surface area (Å²) in [5.41, 5.74) is 0.966. The Morgan fingerprint density at radius 1 is 0.839 bits per heavy atom. The lowest BCUT2D eigenvalue weighted by molar-refractivity contribution is 0.0651. The molecule has 0 radical (unpaired) electrons. The number of para-hydroxylation sites is 2. The number of anilines is 2. The van der Waals surface area contributed by atoms with Crippen LogP contribution in [0, 0.1) is 0 Å². The zero-order valence-electron chi connectivity index (χ0n) is 16.8. The molecule has 3 N–H and O–H groups in total. The summed E-state index contributed by atoms with van der Waals surface area (Å²) in [6, 6.07) is 17.4. The van der Waals surface area contributed by atoms with Gasteiger partial charge in [0.25, 0.3) is 5.91 Å². The Bertz CT molecular complexity index is 1160. The number of carbonyl (C=O) groups excluding carboxylic acids is 1. The molecule has 0 atom stereocenters. The molecule has 31 heavy (non-hydrogen) atoms. The smallest absolute Gasteiger partial charge is 0.336 e. The second-order valence-corrected chi connectivity index (χ2v) is 6.81. The number of carboxylic acid groups (broad SMARTS) is 2. The van der Waals surface area contributed by atoms with E-state index in [4.69, 9.17) is 9.84 Å². The van der Waals surface area contributed by atoms with Crippen LogP contribution in [-0.4, -0.2) is 42.2 Å². The average molecular weight is 420 g/mol. The fourth-order valence-electron chi connectivity index (χ4n) is 2.86. The normalized spacial score (nSPS) is 10.3. The first-order valence-corrected chi connectivity index (χ1v) is 9.22. The lowest BCUT2D eigenvalue weighted by atomic mass is 10.1. The second-order valence-electron chi connectivity index (χ2n) is 6.81. The highest BCUT2D eigenvalue weighted by atomic mass is 16.5. The van der Waals surface area contributed by atoms with Crippen LogP contribution >= 0.6 is 0 Å². The van der Waals surface area contributed by atoms with Gasteiger partial charge in [0.05, 0.1) is 16.8 Å². The molecule has 0 saturated heterocycles. The van der Waals surface area contributed by atoms with E-state index in [2.05, 4.69) is 5.32 Å². The van der Waals surface area contributed by atoms with E-state index in [1.807, 2.05) is 25.1 Å². The van der Waals surface area contributed by atoms with Crippen LogP contribution in [-0.2, 0) is 0 Å². The topological polar surface area (TPSA) is 116 Å². The third kappa shape index (κ3) is 4.99. The zero-order chi connectivity index (χ0) is 22.5. The van der Waals surface area contributed by atoms with Crippen molar-refractivity contribution in [3.63, 3.8) is 0 Å². The third-order valence-electron chi connectivity index (χ3n) is 4.44. The maximum atomic E-state index is 12.7. The van der Waals surface area contributed by atoms with Crippen molar-refractivity contribution in [1.82, 2.24) is 0 Å². The summed E-state index contributed by atoms with van der Waals surface area (Å²) >= 11 is 0. The predicted octanol–water partition coefficient (Wildman–Crippen LogP) is 4.19. The molecular weight excluding hydrogens is 400 g/mol. The Balaban J connectivity index is 1.87. The summed E-state index contributed by atoms with van der Waals surface area (Å²) in [4.78, 5) is 37.2. The molecule has 1 amide bonds. The first-order valence-electron chi connectivity index (χ1n) is 9.22. The minimum absolute atomic E-state index is 0.124. The van der Waals surface area contributed by atoms with Crippen molar-refractivity contribution in [2.45, 2.75) is 0 Å². The number of rotatable bonds is 7. The number of benzene rings is 3. The highest BCUT2D eigenvalue weighted by Gasteiger charge is 2.18. The van der Waals surface area contributed by atoms with Crippen molar-refractivity contribution in [3.05, 3.63) is 83.4 Å². The van der Waals surface area contributed by atoms with Crippen molar-refractivity contribution in [3.8, 4) is 11.5 Å². The summed E-state index contributed by atoms with van der Waals surface area (Å²) < 4.78 is 5.75. The van der Waals surface area contributed by atoms with Crippen LogP contribution in [0.2, 0.25) is 0 Å². The molecule has 3 rings (SSSR count). The summed E-state index contributed by atoms with van der Waals surface area (Å²) in [7, 11) is 3.75. The molecule has 0 heterocycles. The molecule has 3 aromatic rings. The minimum Gasteiger partial charge on any atom is -0.478 e. The molecule has 0 aliphatic rings. The van der Waals surface area contributed by atoms with Crippen molar-refractivity contribution >= 4 is 29.2 Å². The molecule has 0 unspecified atom stereocenters. The maximum Gasteiger partial charge on any atom is 0.336 e. The molecule has 0 aromatic heterocycles. The van der Waals surface area contributed by atoms with Crippen LogP contribution in [0.5, 0.6) is 11.5 Å². The molecule has 3 aromatic carbocycles. The number of ether oxygens (including phenoxy) is 1. The number of hydrogen-bond acceptors (Lipinski definition) is 5. The molecule has 158 valence electrons. The summed E-state index contributed by atoms with van der Waals surface area (Å²) in [6.45, 7) is 0. The highest BCUT2D eigenvalue weighted by molar-refractivity contribution is 6.05. The standard InChI is InChI=1S/C23H20N2O6/c1-25(2)15-7-5-6-14(12-15)21(26)24-19-8-3-4-9-20(19)31-16-10-11-17(22(27)28)18(13-16)23(29)30/h3-13H,1-2H3,(H,24,26)(H,27,28)(H,29,30). The van der Waals surface area contributed by atoms with Gasteiger partial charge < -0.3 is 25.2 Å². The number of aromatic carboxylic acids is 2. The van der Waals surface area contributed by atoms with Gasteiger partial charge in [-0.05, 0) is 48.5 Å². The van der Waals surface area contributed by atoms with Gasteiger partial charge in [-0.2, -0.15) is 0 Å². The van der Waals surface area contributed by atoms with Crippen LogP contribution in [0.3, 0.4) is 0 Å². The van der Waals surface area contributed by atoms with Crippen LogP contribution in [0.1, 0.15) is 31.1 Å². The van der Waals surface area contributed by atoms with E-state index in [0.29, 0.717) is 11.3 Å².